The maximum atomic E-state index is 12.7. The van der Waals surface area contributed by atoms with E-state index in [2.05, 4.69) is 15.9 Å². The molecule has 0 bridgehead atoms. The number of rotatable bonds is 10. The number of hydrogen-bond donors (Lipinski definition) is 0. The first-order valence-corrected chi connectivity index (χ1v) is 11.9. The summed E-state index contributed by atoms with van der Waals surface area (Å²) in [4.78, 5) is 26.6. The summed E-state index contributed by atoms with van der Waals surface area (Å²) in [7, 11) is 1.59. The summed E-state index contributed by atoms with van der Waals surface area (Å²) < 4.78 is 17.5. The van der Waals surface area contributed by atoms with E-state index in [0.717, 1.165) is 27.4 Å². The van der Waals surface area contributed by atoms with Crippen LogP contribution in [-0.4, -0.2) is 42.9 Å². The molecule has 0 unspecified atom stereocenters. The fourth-order valence-corrected chi connectivity index (χ4v) is 4.38. The van der Waals surface area contributed by atoms with Gasteiger partial charge in [0.1, 0.15) is 6.61 Å². The van der Waals surface area contributed by atoms with E-state index in [4.69, 9.17) is 14.2 Å². The van der Waals surface area contributed by atoms with E-state index < -0.39 is 0 Å². The second-order valence-electron chi connectivity index (χ2n) is 7.21. The molecule has 2 aromatic carbocycles. The number of hydrogen-bond acceptors (Lipinski definition) is 6. The molecule has 1 heterocycles. The molecular weight excluding hydrogens is 494 g/mol. The van der Waals surface area contributed by atoms with Crippen LogP contribution in [0.5, 0.6) is 11.5 Å². The lowest BCUT2D eigenvalue weighted by Gasteiger charge is -2.14. The van der Waals surface area contributed by atoms with Gasteiger partial charge in [-0.05, 0) is 61.4 Å². The van der Waals surface area contributed by atoms with Gasteiger partial charge in [0.25, 0.3) is 11.1 Å². The minimum atomic E-state index is -0.291. The minimum absolute atomic E-state index is 0.267. The molecule has 1 aliphatic heterocycles. The van der Waals surface area contributed by atoms with Crippen LogP contribution in [0, 0.1) is 6.92 Å². The molecule has 32 heavy (non-hydrogen) atoms. The monoisotopic (exact) mass is 519 g/mol. The summed E-state index contributed by atoms with van der Waals surface area (Å²) in [5.74, 6) is 0.887. The molecule has 0 spiro atoms. The van der Waals surface area contributed by atoms with Crippen molar-refractivity contribution in [2.75, 3.05) is 26.9 Å². The van der Waals surface area contributed by atoms with E-state index in [1.165, 1.54) is 10.5 Å². The number of methoxy groups -OCH3 is 1. The summed E-state index contributed by atoms with van der Waals surface area (Å²) in [5.41, 5.74) is 2.98. The maximum Gasteiger partial charge on any atom is 0.293 e. The summed E-state index contributed by atoms with van der Waals surface area (Å²) in [6, 6.07) is 11.8. The van der Waals surface area contributed by atoms with Gasteiger partial charge in [-0.2, -0.15) is 0 Å². The number of amides is 2. The van der Waals surface area contributed by atoms with Crippen molar-refractivity contribution in [2.45, 2.75) is 26.9 Å². The molecule has 2 amide bonds. The molecule has 3 rings (SSSR count). The summed E-state index contributed by atoms with van der Waals surface area (Å²) in [6.07, 6.45) is 2.31. The normalized spacial score (nSPS) is 15.0. The van der Waals surface area contributed by atoms with Crippen LogP contribution in [0.3, 0.4) is 0 Å². The number of aryl methyl sites for hydroxylation is 1. The first kappa shape index (κ1) is 24.4. The van der Waals surface area contributed by atoms with Crippen LogP contribution in [0.1, 0.15) is 30.0 Å². The SMILES string of the molecule is CCOc1cc(/C=C2/SC(=O)N(CCCOC)C2=O)c(Br)cc1OCc1ccc(C)cc1. The lowest BCUT2D eigenvalue weighted by molar-refractivity contribution is -0.122. The molecule has 0 saturated carbocycles. The number of halogens is 1. The molecule has 0 aromatic heterocycles. The number of carbonyl (C=O) groups is 2. The van der Waals surface area contributed by atoms with Crippen LogP contribution in [0.15, 0.2) is 45.8 Å². The Balaban J connectivity index is 1.80. The van der Waals surface area contributed by atoms with Crippen LogP contribution in [0.4, 0.5) is 4.79 Å². The molecule has 1 aliphatic rings. The molecule has 0 N–H and O–H groups in total. The van der Waals surface area contributed by atoms with Crippen molar-refractivity contribution >= 4 is 44.9 Å². The number of imide groups is 1. The lowest BCUT2D eigenvalue weighted by atomic mass is 10.1. The topological polar surface area (TPSA) is 65.1 Å². The van der Waals surface area contributed by atoms with Crippen molar-refractivity contribution in [1.29, 1.82) is 0 Å². The molecule has 0 radical (unpaired) electrons. The molecule has 1 fully saturated rings. The highest BCUT2D eigenvalue weighted by Gasteiger charge is 2.34. The Bertz CT molecular complexity index is 1010. The highest BCUT2D eigenvalue weighted by Crippen LogP contribution is 2.38. The van der Waals surface area contributed by atoms with Gasteiger partial charge in [0.15, 0.2) is 11.5 Å². The highest BCUT2D eigenvalue weighted by atomic mass is 79.9. The zero-order valence-electron chi connectivity index (χ0n) is 18.4. The van der Waals surface area contributed by atoms with E-state index in [1.54, 1.807) is 13.2 Å². The first-order valence-electron chi connectivity index (χ1n) is 10.3. The van der Waals surface area contributed by atoms with Gasteiger partial charge in [0.2, 0.25) is 0 Å². The molecule has 0 atom stereocenters. The standard InChI is InChI=1S/C24H26BrNO5S/c1-4-30-20-12-18(13-22-23(27)26(24(28)32-22)10-5-11-29-3)19(25)14-21(20)31-15-17-8-6-16(2)7-9-17/h6-9,12-14H,4-5,10-11,15H2,1-3H3/b22-13+. The Hall–Kier alpha value is -2.29. The van der Waals surface area contributed by atoms with Crippen molar-refractivity contribution in [1.82, 2.24) is 4.90 Å². The van der Waals surface area contributed by atoms with Gasteiger partial charge < -0.3 is 14.2 Å². The van der Waals surface area contributed by atoms with E-state index in [9.17, 15) is 9.59 Å². The smallest absolute Gasteiger partial charge is 0.293 e. The number of ether oxygens (including phenoxy) is 3. The van der Waals surface area contributed by atoms with Crippen LogP contribution in [0.25, 0.3) is 6.08 Å². The van der Waals surface area contributed by atoms with Gasteiger partial charge >= 0.3 is 0 Å². The zero-order valence-corrected chi connectivity index (χ0v) is 20.8. The second kappa shape index (κ2) is 11.5. The van der Waals surface area contributed by atoms with Gasteiger partial charge in [-0.25, -0.2) is 0 Å². The van der Waals surface area contributed by atoms with Gasteiger partial charge in [-0.1, -0.05) is 45.8 Å². The predicted octanol–water partition coefficient (Wildman–Crippen LogP) is 5.81. The Morgan fingerprint density at radius 2 is 1.81 bits per heavy atom. The molecule has 6 nitrogen and oxygen atoms in total. The summed E-state index contributed by atoms with van der Waals surface area (Å²) in [5, 5.41) is -0.267. The number of benzene rings is 2. The first-order chi connectivity index (χ1) is 15.4. The van der Waals surface area contributed by atoms with E-state index in [-0.39, 0.29) is 11.1 Å². The quantitative estimate of drug-likeness (QED) is 0.291. The van der Waals surface area contributed by atoms with Crippen molar-refractivity contribution in [2.24, 2.45) is 0 Å². The Kier molecular flexibility index (Phi) is 8.78. The number of thioether (sulfide) groups is 1. The summed E-state index contributed by atoms with van der Waals surface area (Å²) >= 11 is 4.50. The molecular formula is C24H26BrNO5S. The number of nitrogens with zero attached hydrogens (tertiary/aromatic N) is 1. The Morgan fingerprint density at radius 1 is 1.09 bits per heavy atom. The highest BCUT2D eigenvalue weighted by molar-refractivity contribution is 9.10. The minimum Gasteiger partial charge on any atom is -0.490 e. The fraction of sp³-hybridized carbons (Fsp3) is 0.333. The molecule has 8 heteroatoms. The Labute approximate surface area is 201 Å². The third-order valence-corrected chi connectivity index (χ3v) is 6.36. The van der Waals surface area contributed by atoms with Gasteiger partial charge in [-0.15, -0.1) is 0 Å². The third-order valence-electron chi connectivity index (χ3n) is 4.77. The van der Waals surface area contributed by atoms with Gasteiger partial charge in [0.05, 0.1) is 11.5 Å². The van der Waals surface area contributed by atoms with Crippen molar-refractivity contribution in [3.05, 3.63) is 62.5 Å². The second-order valence-corrected chi connectivity index (χ2v) is 9.05. The predicted molar refractivity (Wildman–Crippen MR) is 130 cm³/mol. The fourth-order valence-electron chi connectivity index (χ4n) is 3.09. The zero-order chi connectivity index (χ0) is 23.1. The Morgan fingerprint density at radius 3 is 2.50 bits per heavy atom. The number of carbonyl (C=O) groups excluding carboxylic acids is 2. The van der Waals surface area contributed by atoms with Crippen molar-refractivity contribution in [3.63, 3.8) is 0 Å². The van der Waals surface area contributed by atoms with E-state index in [0.29, 0.717) is 49.2 Å². The van der Waals surface area contributed by atoms with Crippen LogP contribution in [-0.2, 0) is 16.1 Å². The van der Waals surface area contributed by atoms with E-state index >= 15 is 0 Å². The van der Waals surface area contributed by atoms with Gasteiger partial charge in [0, 0.05) is 24.7 Å². The van der Waals surface area contributed by atoms with Crippen molar-refractivity contribution < 1.29 is 23.8 Å². The van der Waals surface area contributed by atoms with E-state index in [1.807, 2.05) is 50.2 Å². The maximum absolute atomic E-state index is 12.7. The van der Waals surface area contributed by atoms with Crippen molar-refractivity contribution in [3.8, 4) is 11.5 Å². The largest absolute Gasteiger partial charge is 0.490 e. The van der Waals surface area contributed by atoms with Crippen LogP contribution < -0.4 is 9.47 Å². The third kappa shape index (κ3) is 6.15. The average molecular weight is 520 g/mol. The average Bonchev–Trinajstić information content (AvgIpc) is 3.03. The summed E-state index contributed by atoms with van der Waals surface area (Å²) in [6.45, 7) is 5.66. The molecule has 1 saturated heterocycles. The van der Waals surface area contributed by atoms with Gasteiger partial charge in [-0.3, -0.25) is 14.5 Å². The lowest BCUT2D eigenvalue weighted by Crippen LogP contribution is -2.29. The van der Waals surface area contributed by atoms with Crippen LogP contribution in [0.2, 0.25) is 0 Å². The van der Waals surface area contributed by atoms with Crippen LogP contribution >= 0.6 is 27.7 Å². The molecule has 2 aromatic rings. The molecule has 170 valence electrons. The molecule has 0 aliphatic carbocycles.